The Hall–Kier alpha value is -0.830. The summed E-state index contributed by atoms with van der Waals surface area (Å²) in [4.78, 5) is 4.35. The second kappa shape index (κ2) is 5.00. The number of imidazole rings is 1. The number of nitrogens with zero attached hydrogens (tertiary/aromatic N) is 2. The van der Waals surface area contributed by atoms with Crippen LogP contribution in [0, 0.1) is 0 Å². The fourth-order valence-corrected chi connectivity index (χ4v) is 2.62. The van der Waals surface area contributed by atoms with Crippen LogP contribution in [0.1, 0.15) is 51.3 Å². The van der Waals surface area contributed by atoms with Crippen LogP contribution in [0.3, 0.4) is 0 Å². The lowest BCUT2D eigenvalue weighted by Crippen LogP contribution is -2.36. The van der Waals surface area contributed by atoms with E-state index in [1.54, 1.807) is 0 Å². The lowest BCUT2D eigenvalue weighted by Gasteiger charge is -2.32. The molecule has 1 saturated carbocycles. The van der Waals surface area contributed by atoms with Crippen molar-refractivity contribution in [2.75, 3.05) is 0 Å². The molecule has 0 radical (unpaired) electrons. The van der Waals surface area contributed by atoms with E-state index in [1.807, 2.05) is 12.4 Å². The molecule has 0 saturated heterocycles. The highest BCUT2D eigenvalue weighted by Gasteiger charge is 2.29. The van der Waals surface area contributed by atoms with Crippen LogP contribution in [0.15, 0.2) is 12.4 Å². The molecule has 0 spiro atoms. The minimum Gasteiger partial charge on any atom is -0.388 e. The fraction of sp³-hybridized carbons (Fsp3) is 0.769. The molecule has 0 amide bonds. The molecule has 1 aliphatic rings. The molecule has 1 aromatic rings. The Morgan fingerprint density at radius 2 is 2.12 bits per heavy atom. The third kappa shape index (κ3) is 2.64. The molecule has 1 N–H and O–H groups in total. The van der Waals surface area contributed by atoms with Crippen LogP contribution >= 0.6 is 0 Å². The maximum absolute atomic E-state index is 10.5. The molecular formula is C13H22N2O. The van der Waals surface area contributed by atoms with Crippen molar-refractivity contribution in [3.05, 3.63) is 18.2 Å². The largest absolute Gasteiger partial charge is 0.388 e. The van der Waals surface area contributed by atoms with E-state index in [-0.39, 0.29) is 0 Å². The van der Waals surface area contributed by atoms with Crippen molar-refractivity contribution in [2.45, 2.75) is 64.0 Å². The quantitative estimate of drug-likeness (QED) is 0.850. The van der Waals surface area contributed by atoms with E-state index in [9.17, 15) is 5.11 Å². The van der Waals surface area contributed by atoms with Crippen molar-refractivity contribution in [3.8, 4) is 0 Å². The normalized spacial score (nSPS) is 19.9. The van der Waals surface area contributed by atoms with Crippen molar-refractivity contribution in [2.24, 2.45) is 0 Å². The van der Waals surface area contributed by atoms with E-state index in [0.29, 0.717) is 0 Å². The highest BCUT2D eigenvalue weighted by Crippen LogP contribution is 2.29. The monoisotopic (exact) mass is 222 g/mol. The van der Waals surface area contributed by atoms with Crippen LogP contribution in [0.5, 0.6) is 0 Å². The van der Waals surface area contributed by atoms with Gasteiger partial charge in [-0.1, -0.05) is 26.2 Å². The molecule has 1 aromatic heterocycles. The number of hydrogen-bond acceptors (Lipinski definition) is 2. The molecule has 1 heterocycles. The first-order chi connectivity index (χ1) is 7.73. The second-order valence-electron chi connectivity index (χ2n) is 5.01. The van der Waals surface area contributed by atoms with Gasteiger partial charge < -0.3 is 9.67 Å². The van der Waals surface area contributed by atoms with Crippen molar-refractivity contribution < 1.29 is 5.11 Å². The zero-order valence-corrected chi connectivity index (χ0v) is 10.2. The van der Waals surface area contributed by atoms with Crippen molar-refractivity contribution in [1.29, 1.82) is 0 Å². The summed E-state index contributed by atoms with van der Waals surface area (Å²) in [5, 5.41) is 10.5. The summed E-state index contributed by atoms with van der Waals surface area (Å²) >= 11 is 0. The Kier molecular flexibility index (Phi) is 3.64. The third-order valence-electron chi connectivity index (χ3n) is 3.52. The van der Waals surface area contributed by atoms with Crippen molar-refractivity contribution >= 4 is 0 Å². The van der Waals surface area contributed by atoms with E-state index < -0.39 is 5.60 Å². The van der Waals surface area contributed by atoms with Crippen LogP contribution in [-0.2, 0) is 13.0 Å². The van der Waals surface area contributed by atoms with Gasteiger partial charge in [-0.2, -0.15) is 0 Å². The number of rotatable bonds is 4. The molecule has 0 unspecified atom stereocenters. The van der Waals surface area contributed by atoms with Crippen LogP contribution in [0.2, 0.25) is 0 Å². The van der Waals surface area contributed by atoms with Crippen molar-refractivity contribution in [1.82, 2.24) is 9.55 Å². The van der Waals surface area contributed by atoms with E-state index >= 15 is 0 Å². The Balaban J connectivity index is 2.04. The maximum atomic E-state index is 10.5. The van der Waals surface area contributed by atoms with Crippen molar-refractivity contribution in [3.63, 3.8) is 0 Å². The van der Waals surface area contributed by atoms with Gasteiger partial charge in [0.15, 0.2) is 0 Å². The molecule has 0 bridgehead atoms. The first-order valence-electron chi connectivity index (χ1n) is 6.46. The average molecular weight is 222 g/mol. The minimum atomic E-state index is -0.485. The molecule has 0 atom stereocenters. The maximum Gasteiger partial charge on any atom is 0.108 e. The molecule has 3 heteroatoms. The average Bonchev–Trinajstić information content (AvgIpc) is 2.67. The van der Waals surface area contributed by atoms with Gasteiger partial charge in [-0.25, -0.2) is 4.98 Å². The van der Waals surface area contributed by atoms with Gasteiger partial charge in [0.05, 0.1) is 12.1 Å². The predicted molar refractivity (Wildman–Crippen MR) is 64.3 cm³/mol. The second-order valence-corrected chi connectivity index (χ2v) is 5.01. The molecule has 0 aliphatic heterocycles. The predicted octanol–water partition coefficient (Wildman–Crippen LogP) is 2.53. The van der Waals surface area contributed by atoms with Gasteiger partial charge in [-0.15, -0.1) is 0 Å². The van der Waals surface area contributed by atoms with Crippen LogP contribution in [-0.4, -0.2) is 20.3 Å². The molecule has 2 rings (SSSR count). The zero-order valence-electron chi connectivity index (χ0n) is 10.2. The van der Waals surface area contributed by atoms with Gasteiger partial charge >= 0.3 is 0 Å². The SMILES string of the molecule is CCCc1nccn1CC1(O)CCCCC1. The highest BCUT2D eigenvalue weighted by atomic mass is 16.3. The molecule has 0 aromatic carbocycles. The summed E-state index contributed by atoms with van der Waals surface area (Å²) in [7, 11) is 0. The van der Waals surface area contributed by atoms with Gasteiger partial charge in [0.1, 0.15) is 5.82 Å². The minimum absolute atomic E-state index is 0.485. The summed E-state index contributed by atoms with van der Waals surface area (Å²) in [6, 6.07) is 0. The molecule has 16 heavy (non-hydrogen) atoms. The Bertz CT molecular complexity index is 326. The Morgan fingerprint density at radius 1 is 1.38 bits per heavy atom. The summed E-state index contributed by atoms with van der Waals surface area (Å²) in [6.45, 7) is 2.89. The standard InChI is InChI=1S/C13H22N2O/c1-2-6-12-14-9-10-15(12)11-13(16)7-4-3-5-8-13/h9-10,16H,2-8,11H2,1H3. The van der Waals surface area contributed by atoms with Gasteiger partial charge in [0, 0.05) is 18.8 Å². The number of aromatic nitrogens is 2. The van der Waals surface area contributed by atoms with Gasteiger partial charge in [0.2, 0.25) is 0 Å². The molecule has 3 nitrogen and oxygen atoms in total. The van der Waals surface area contributed by atoms with E-state index in [1.165, 1.54) is 6.42 Å². The topological polar surface area (TPSA) is 38.0 Å². The van der Waals surface area contributed by atoms with Crippen LogP contribution < -0.4 is 0 Å². The number of aryl methyl sites for hydroxylation is 1. The third-order valence-corrected chi connectivity index (χ3v) is 3.52. The molecular weight excluding hydrogens is 200 g/mol. The van der Waals surface area contributed by atoms with Gasteiger partial charge in [-0.05, 0) is 19.3 Å². The van der Waals surface area contributed by atoms with Crippen LogP contribution in [0.4, 0.5) is 0 Å². The van der Waals surface area contributed by atoms with E-state index in [0.717, 1.165) is 50.9 Å². The Labute approximate surface area is 97.5 Å². The molecule has 90 valence electrons. The van der Waals surface area contributed by atoms with Gasteiger partial charge in [-0.3, -0.25) is 0 Å². The lowest BCUT2D eigenvalue weighted by atomic mass is 9.85. The lowest BCUT2D eigenvalue weighted by molar-refractivity contribution is -0.0121. The fourth-order valence-electron chi connectivity index (χ4n) is 2.62. The first-order valence-corrected chi connectivity index (χ1v) is 6.46. The molecule has 1 aliphatic carbocycles. The van der Waals surface area contributed by atoms with E-state index in [4.69, 9.17) is 0 Å². The first kappa shape index (κ1) is 11.6. The van der Waals surface area contributed by atoms with Crippen LogP contribution in [0.25, 0.3) is 0 Å². The molecule has 1 fully saturated rings. The Morgan fingerprint density at radius 3 is 2.81 bits per heavy atom. The van der Waals surface area contributed by atoms with E-state index in [2.05, 4.69) is 16.5 Å². The summed E-state index contributed by atoms with van der Waals surface area (Å²) in [5.74, 6) is 1.11. The zero-order chi connectivity index (χ0) is 11.4. The smallest absolute Gasteiger partial charge is 0.108 e. The number of hydrogen-bond donors (Lipinski definition) is 1. The number of aliphatic hydroxyl groups is 1. The van der Waals surface area contributed by atoms with Gasteiger partial charge in [0.25, 0.3) is 0 Å². The summed E-state index contributed by atoms with van der Waals surface area (Å²) < 4.78 is 2.13. The summed E-state index contributed by atoms with van der Waals surface area (Å²) in [5.41, 5.74) is -0.485. The summed E-state index contributed by atoms with van der Waals surface area (Å²) in [6.07, 6.45) is 11.4. The highest BCUT2D eigenvalue weighted by molar-refractivity contribution is 4.95.